The van der Waals surface area contributed by atoms with Crippen LogP contribution in [0.3, 0.4) is 0 Å². The first-order valence-corrected chi connectivity index (χ1v) is 12.8. The highest BCUT2D eigenvalue weighted by Gasteiger charge is 2.32. The summed E-state index contributed by atoms with van der Waals surface area (Å²) in [7, 11) is -3.69. The van der Waals surface area contributed by atoms with E-state index in [9.17, 15) is 18.0 Å². The lowest BCUT2D eigenvalue weighted by molar-refractivity contribution is 0.100. The third-order valence-electron chi connectivity index (χ3n) is 5.96. The molecule has 0 spiro atoms. The number of nitrogens with zero attached hydrogens (tertiary/aromatic N) is 1. The minimum Gasteiger partial charge on any atom is -0.365 e. The van der Waals surface area contributed by atoms with Gasteiger partial charge in [-0.25, -0.2) is 8.42 Å². The number of anilines is 1. The van der Waals surface area contributed by atoms with E-state index in [4.69, 9.17) is 5.73 Å². The van der Waals surface area contributed by atoms with Crippen molar-refractivity contribution in [1.29, 1.82) is 0 Å². The van der Waals surface area contributed by atoms with E-state index in [0.717, 1.165) is 36.1 Å². The Morgan fingerprint density at radius 2 is 1.87 bits per heavy atom. The lowest BCUT2D eigenvalue weighted by atomic mass is 9.94. The first-order chi connectivity index (χ1) is 14.7. The third kappa shape index (κ3) is 4.26. The molecular formula is C22H27N3O4S2. The summed E-state index contributed by atoms with van der Waals surface area (Å²) in [6, 6.07) is 6.06. The SMILES string of the molecule is CC1CC(C)CN(S(=O)(=O)c2cccc(C(=O)Nc3sc4c(c3C(N)=O)CCC4)c2)C1. The van der Waals surface area contributed by atoms with Crippen molar-refractivity contribution < 1.29 is 18.0 Å². The maximum absolute atomic E-state index is 13.2. The Balaban J connectivity index is 1.59. The maximum atomic E-state index is 13.2. The van der Waals surface area contributed by atoms with Crippen LogP contribution in [0.4, 0.5) is 5.00 Å². The summed E-state index contributed by atoms with van der Waals surface area (Å²) >= 11 is 1.37. The molecule has 2 atom stereocenters. The van der Waals surface area contributed by atoms with Crippen molar-refractivity contribution in [3.63, 3.8) is 0 Å². The zero-order valence-corrected chi connectivity index (χ0v) is 19.3. The molecule has 1 fully saturated rings. The van der Waals surface area contributed by atoms with Crippen LogP contribution in [0.25, 0.3) is 0 Å². The van der Waals surface area contributed by atoms with Gasteiger partial charge < -0.3 is 11.1 Å². The molecule has 1 aromatic heterocycles. The second kappa shape index (κ2) is 8.37. The Kier molecular flexibility index (Phi) is 5.93. The minimum atomic E-state index is -3.69. The lowest BCUT2D eigenvalue weighted by Crippen LogP contribution is -2.42. The zero-order valence-electron chi connectivity index (χ0n) is 17.7. The normalized spacial score (nSPS) is 21.6. The summed E-state index contributed by atoms with van der Waals surface area (Å²) in [4.78, 5) is 26.1. The number of benzene rings is 1. The number of piperidine rings is 1. The minimum absolute atomic E-state index is 0.102. The number of primary amides is 1. The molecule has 1 aromatic carbocycles. The molecule has 0 radical (unpaired) electrons. The molecule has 7 nitrogen and oxygen atoms in total. The predicted octanol–water partition coefficient (Wildman–Crippen LogP) is 3.25. The molecule has 166 valence electrons. The van der Waals surface area contributed by atoms with Crippen LogP contribution in [0.15, 0.2) is 29.2 Å². The number of sulfonamides is 1. The second-order valence-electron chi connectivity index (χ2n) is 8.68. The number of hydrogen-bond acceptors (Lipinski definition) is 5. The molecular weight excluding hydrogens is 434 g/mol. The number of hydrogen-bond donors (Lipinski definition) is 2. The Bertz CT molecular complexity index is 1130. The van der Waals surface area contributed by atoms with Crippen LogP contribution in [0.2, 0.25) is 0 Å². The number of fused-ring (bicyclic) bond motifs is 1. The van der Waals surface area contributed by atoms with Crippen LogP contribution < -0.4 is 11.1 Å². The van der Waals surface area contributed by atoms with Crippen LogP contribution in [0, 0.1) is 11.8 Å². The molecule has 1 aliphatic heterocycles. The molecule has 3 N–H and O–H groups in total. The van der Waals surface area contributed by atoms with Crippen molar-refractivity contribution in [3.05, 3.63) is 45.8 Å². The molecule has 2 amide bonds. The highest BCUT2D eigenvalue weighted by molar-refractivity contribution is 7.89. The Labute approximate surface area is 186 Å². The summed E-state index contributed by atoms with van der Waals surface area (Å²) in [6.07, 6.45) is 3.63. The number of rotatable bonds is 5. The molecule has 0 bridgehead atoms. The molecule has 1 aliphatic carbocycles. The van der Waals surface area contributed by atoms with Crippen LogP contribution in [-0.4, -0.2) is 37.6 Å². The second-order valence-corrected chi connectivity index (χ2v) is 11.7. The molecule has 1 saturated heterocycles. The van der Waals surface area contributed by atoms with E-state index in [2.05, 4.69) is 19.2 Å². The summed E-state index contributed by atoms with van der Waals surface area (Å²) in [5, 5.41) is 3.22. The van der Waals surface area contributed by atoms with Crippen LogP contribution in [0.5, 0.6) is 0 Å². The van der Waals surface area contributed by atoms with E-state index < -0.39 is 21.8 Å². The summed E-state index contributed by atoms with van der Waals surface area (Å²) in [6.45, 7) is 5.06. The molecule has 9 heteroatoms. The molecule has 2 aliphatic rings. The van der Waals surface area contributed by atoms with E-state index >= 15 is 0 Å². The smallest absolute Gasteiger partial charge is 0.256 e. The van der Waals surface area contributed by atoms with Gasteiger partial charge in [0, 0.05) is 23.5 Å². The van der Waals surface area contributed by atoms with Crippen molar-refractivity contribution >= 4 is 38.2 Å². The van der Waals surface area contributed by atoms with Gasteiger partial charge in [0.05, 0.1) is 10.5 Å². The van der Waals surface area contributed by atoms with Gasteiger partial charge in [-0.05, 0) is 61.3 Å². The average Bonchev–Trinajstić information content (AvgIpc) is 3.27. The summed E-state index contributed by atoms with van der Waals surface area (Å²) < 4.78 is 27.9. The number of carbonyl (C=O) groups excluding carboxylic acids is 2. The molecule has 2 heterocycles. The van der Waals surface area contributed by atoms with Gasteiger partial charge in [0.25, 0.3) is 11.8 Å². The number of thiophene rings is 1. The van der Waals surface area contributed by atoms with Gasteiger partial charge in [-0.1, -0.05) is 19.9 Å². The Hall–Kier alpha value is -2.23. The van der Waals surface area contributed by atoms with E-state index in [0.29, 0.717) is 23.7 Å². The first kappa shape index (κ1) is 22.0. The van der Waals surface area contributed by atoms with Crippen molar-refractivity contribution in [2.24, 2.45) is 17.6 Å². The monoisotopic (exact) mass is 461 g/mol. The average molecular weight is 462 g/mol. The van der Waals surface area contributed by atoms with Crippen LogP contribution in [-0.2, 0) is 22.9 Å². The largest absolute Gasteiger partial charge is 0.365 e. The van der Waals surface area contributed by atoms with E-state index in [-0.39, 0.29) is 22.3 Å². The highest BCUT2D eigenvalue weighted by atomic mass is 32.2. The van der Waals surface area contributed by atoms with Crippen molar-refractivity contribution in [1.82, 2.24) is 4.31 Å². The fraction of sp³-hybridized carbons (Fsp3) is 0.455. The van der Waals surface area contributed by atoms with Crippen molar-refractivity contribution in [3.8, 4) is 0 Å². The maximum Gasteiger partial charge on any atom is 0.256 e. The number of nitrogens with one attached hydrogen (secondary N) is 1. The lowest BCUT2D eigenvalue weighted by Gasteiger charge is -2.34. The zero-order chi connectivity index (χ0) is 22.3. The Morgan fingerprint density at radius 1 is 1.16 bits per heavy atom. The first-order valence-electron chi connectivity index (χ1n) is 10.5. The van der Waals surface area contributed by atoms with E-state index in [1.807, 2.05) is 0 Å². The van der Waals surface area contributed by atoms with Crippen LogP contribution >= 0.6 is 11.3 Å². The standard InChI is InChI=1S/C22H27N3O4S2/c1-13-9-14(2)12-25(11-13)31(28,29)16-6-3-5-15(10-16)21(27)24-22-19(20(23)26)17-7-4-8-18(17)30-22/h3,5-6,10,13-14H,4,7-9,11-12H2,1-2H3,(H2,23,26)(H,24,27). The molecule has 31 heavy (non-hydrogen) atoms. The van der Waals surface area contributed by atoms with Gasteiger partial charge in [-0.2, -0.15) is 4.31 Å². The molecule has 0 saturated carbocycles. The van der Waals surface area contributed by atoms with Gasteiger partial charge in [0.15, 0.2) is 0 Å². The Morgan fingerprint density at radius 3 is 2.55 bits per heavy atom. The van der Waals surface area contributed by atoms with Gasteiger partial charge in [-0.15, -0.1) is 11.3 Å². The fourth-order valence-corrected chi connectivity index (χ4v) is 7.69. The fourth-order valence-electron chi connectivity index (χ4n) is 4.68. The van der Waals surface area contributed by atoms with Crippen molar-refractivity contribution in [2.75, 3.05) is 18.4 Å². The van der Waals surface area contributed by atoms with Crippen molar-refractivity contribution in [2.45, 2.75) is 44.4 Å². The molecule has 2 aromatic rings. The van der Waals surface area contributed by atoms with Gasteiger partial charge in [0.1, 0.15) is 5.00 Å². The highest BCUT2D eigenvalue weighted by Crippen LogP contribution is 2.39. The predicted molar refractivity (Wildman–Crippen MR) is 121 cm³/mol. The topological polar surface area (TPSA) is 110 Å². The van der Waals surface area contributed by atoms with Gasteiger partial charge in [-0.3, -0.25) is 9.59 Å². The number of aryl methyl sites for hydroxylation is 1. The summed E-state index contributed by atoms with van der Waals surface area (Å²) in [5.74, 6) is -0.435. The van der Waals surface area contributed by atoms with Crippen LogP contribution in [0.1, 0.15) is 57.8 Å². The molecule has 4 rings (SSSR count). The number of carbonyl (C=O) groups is 2. The quantitative estimate of drug-likeness (QED) is 0.712. The number of amides is 2. The molecule has 2 unspecified atom stereocenters. The third-order valence-corrected chi connectivity index (χ3v) is 9.00. The van der Waals surface area contributed by atoms with Gasteiger partial charge in [0.2, 0.25) is 10.0 Å². The number of nitrogens with two attached hydrogens (primary N) is 1. The van der Waals surface area contributed by atoms with E-state index in [1.54, 1.807) is 12.1 Å². The van der Waals surface area contributed by atoms with Gasteiger partial charge >= 0.3 is 0 Å². The van der Waals surface area contributed by atoms with E-state index in [1.165, 1.54) is 27.8 Å². The summed E-state index contributed by atoms with van der Waals surface area (Å²) in [5.41, 5.74) is 7.10.